The van der Waals surface area contributed by atoms with Gasteiger partial charge in [-0.05, 0) is 68.9 Å². The van der Waals surface area contributed by atoms with E-state index in [1.807, 2.05) is 50.2 Å². The molecule has 2 atom stereocenters. The number of ether oxygens (including phenoxy) is 3. The van der Waals surface area contributed by atoms with Crippen molar-refractivity contribution in [2.45, 2.75) is 52.7 Å². The topological polar surface area (TPSA) is 66.8 Å². The van der Waals surface area contributed by atoms with Gasteiger partial charge in [0.05, 0.1) is 6.54 Å². The lowest BCUT2D eigenvalue weighted by Crippen LogP contribution is -2.33. The number of fused-ring (bicyclic) bond motifs is 2. The number of benzene rings is 1. The van der Waals surface area contributed by atoms with E-state index in [0.29, 0.717) is 29.5 Å². The molecule has 3 aromatic rings. The van der Waals surface area contributed by atoms with E-state index in [1.165, 1.54) is 21.8 Å². The Bertz CT molecular complexity index is 1240. The lowest BCUT2D eigenvalue weighted by atomic mass is 9.90. The van der Waals surface area contributed by atoms with E-state index in [0.717, 1.165) is 42.1 Å². The van der Waals surface area contributed by atoms with Gasteiger partial charge in [0, 0.05) is 21.8 Å². The van der Waals surface area contributed by atoms with Gasteiger partial charge in [0.25, 0.3) is 0 Å². The third-order valence-electron chi connectivity index (χ3n) is 6.69. The Morgan fingerprint density at radius 3 is 2.79 bits per heavy atom. The number of carbonyl (C=O) groups is 2. The number of thiophene rings is 1. The Labute approximate surface area is 203 Å². The Morgan fingerprint density at radius 1 is 1.18 bits per heavy atom. The quantitative estimate of drug-likeness (QED) is 0.360. The summed E-state index contributed by atoms with van der Waals surface area (Å²) >= 11 is 1.50. The van der Waals surface area contributed by atoms with Gasteiger partial charge in [-0.15, -0.1) is 11.3 Å². The standard InChI is InChI=1S/C27H29NO5S/c1-16-8-9-25-19(10-16)12-26(34-25)27(30)32-15-22(29)21-11-17(2)28(18(21)3)13-20-14-31-23-6-4-5-7-24(23)33-20/h4-7,11-12,16,20H,8-10,13-15H2,1-3H3/t16-,20-/m0/s1. The van der Waals surface area contributed by atoms with Gasteiger partial charge in [-0.1, -0.05) is 19.1 Å². The second kappa shape index (κ2) is 9.29. The average Bonchev–Trinajstić information content (AvgIpc) is 3.38. The molecule has 178 valence electrons. The minimum absolute atomic E-state index is 0.159. The summed E-state index contributed by atoms with van der Waals surface area (Å²) in [4.78, 5) is 27.4. The zero-order valence-corrected chi connectivity index (χ0v) is 20.6. The number of hydrogen-bond donors (Lipinski definition) is 0. The van der Waals surface area contributed by atoms with Crippen molar-refractivity contribution in [2.24, 2.45) is 5.92 Å². The number of nitrogens with zero attached hydrogens (tertiary/aromatic N) is 1. The van der Waals surface area contributed by atoms with Crippen LogP contribution in [0.15, 0.2) is 36.4 Å². The van der Waals surface area contributed by atoms with Crippen molar-refractivity contribution in [3.63, 3.8) is 0 Å². The van der Waals surface area contributed by atoms with Gasteiger partial charge in [-0.25, -0.2) is 4.79 Å². The molecule has 1 aromatic carbocycles. The van der Waals surface area contributed by atoms with Crippen molar-refractivity contribution >= 4 is 23.1 Å². The highest BCUT2D eigenvalue weighted by Gasteiger charge is 2.25. The van der Waals surface area contributed by atoms with Crippen LogP contribution in [0, 0.1) is 19.8 Å². The lowest BCUT2D eigenvalue weighted by molar-refractivity contribution is 0.0479. The molecule has 0 fully saturated rings. The van der Waals surface area contributed by atoms with Gasteiger partial charge in [0.2, 0.25) is 5.78 Å². The fraction of sp³-hybridized carbons (Fsp3) is 0.407. The van der Waals surface area contributed by atoms with Gasteiger partial charge in [-0.2, -0.15) is 0 Å². The summed E-state index contributed by atoms with van der Waals surface area (Å²) in [5.41, 5.74) is 3.61. The minimum atomic E-state index is -0.416. The smallest absolute Gasteiger partial charge is 0.348 e. The fourth-order valence-electron chi connectivity index (χ4n) is 4.81. The van der Waals surface area contributed by atoms with E-state index in [4.69, 9.17) is 14.2 Å². The highest BCUT2D eigenvalue weighted by Crippen LogP contribution is 2.33. The average molecular weight is 480 g/mol. The monoisotopic (exact) mass is 479 g/mol. The molecule has 0 bridgehead atoms. The molecule has 1 aliphatic carbocycles. The summed E-state index contributed by atoms with van der Waals surface area (Å²) in [6.07, 6.45) is 3.01. The van der Waals surface area contributed by atoms with E-state index < -0.39 is 5.97 Å². The molecular formula is C27H29NO5S. The number of hydrogen-bond acceptors (Lipinski definition) is 6. The molecule has 6 nitrogen and oxygen atoms in total. The molecule has 0 saturated heterocycles. The van der Waals surface area contributed by atoms with Crippen LogP contribution in [0.5, 0.6) is 11.5 Å². The van der Waals surface area contributed by atoms with Crippen LogP contribution in [-0.2, 0) is 24.1 Å². The van der Waals surface area contributed by atoms with Crippen LogP contribution in [0.2, 0.25) is 0 Å². The van der Waals surface area contributed by atoms with Gasteiger partial charge in [0.15, 0.2) is 24.2 Å². The van der Waals surface area contributed by atoms with E-state index in [2.05, 4.69) is 11.5 Å². The lowest BCUT2D eigenvalue weighted by Gasteiger charge is -2.27. The normalized spacial score (nSPS) is 18.9. The zero-order chi connectivity index (χ0) is 23.8. The van der Waals surface area contributed by atoms with Crippen molar-refractivity contribution in [1.82, 2.24) is 4.57 Å². The SMILES string of the molecule is Cc1cc(C(=O)COC(=O)c2cc3c(s2)CC[C@H](C)C3)c(C)n1C[C@H]1COc2ccccc2O1. The van der Waals surface area contributed by atoms with Gasteiger partial charge >= 0.3 is 5.97 Å². The van der Waals surface area contributed by atoms with Crippen molar-refractivity contribution in [3.8, 4) is 11.5 Å². The van der Waals surface area contributed by atoms with Crippen molar-refractivity contribution in [3.05, 3.63) is 68.7 Å². The largest absolute Gasteiger partial charge is 0.486 e. The Kier molecular flexibility index (Phi) is 6.21. The first-order valence-electron chi connectivity index (χ1n) is 11.8. The summed E-state index contributed by atoms with van der Waals surface area (Å²) in [7, 11) is 0. The summed E-state index contributed by atoms with van der Waals surface area (Å²) in [5.74, 6) is 1.50. The maximum atomic E-state index is 12.9. The molecule has 3 heterocycles. The summed E-state index contributed by atoms with van der Waals surface area (Å²) in [5, 5.41) is 0. The second-order valence-electron chi connectivity index (χ2n) is 9.30. The number of para-hydroxylation sites is 2. The minimum Gasteiger partial charge on any atom is -0.486 e. The maximum Gasteiger partial charge on any atom is 0.348 e. The molecule has 1 aliphatic heterocycles. The Balaban J connectivity index is 1.22. The molecule has 0 N–H and O–H groups in total. The first kappa shape index (κ1) is 22.7. The number of esters is 1. The number of Topliss-reactive ketones (excluding diaryl/α,β-unsaturated/α-hetero) is 1. The van der Waals surface area contributed by atoms with Crippen LogP contribution in [0.25, 0.3) is 0 Å². The fourth-order valence-corrected chi connectivity index (χ4v) is 5.91. The number of rotatable bonds is 6. The Hall–Kier alpha value is -3.06. The number of aromatic nitrogens is 1. The maximum absolute atomic E-state index is 12.9. The third-order valence-corrected chi connectivity index (χ3v) is 7.91. The van der Waals surface area contributed by atoms with E-state index >= 15 is 0 Å². The third kappa shape index (κ3) is 4.49. The van der Waals surface area contributed by atoms with Crippen LogP contribution >= 0.6 is 11.3 Å². The molecule has 0 radical (unpaired) electrons. The van der Waals surface area contributed by atoms with Crippen molar-refractivity contribution in [1.29, 1.82) is 0 Å². The predicted molar refractivity (Wildman–Crippen MR) is 130 cm³/mol. The first-order chi connectivity index (χ1) is 16.4. The van der Waals surface area contributed by atoms with Gasteiger partial charge in [-0.3, -0.25) is 4.79 Å². The number of ketones is 1. The number of aryl methyl sites for hydroxylation is 2. The number of carbonyl (C=O) groups excluding carboxylic acids is 2. The van der Waals surface area contributed by atoms with E-state index in [9.17, 15) is 9.59 Å². The molecule has 2 aliphatic rings. The zero-order valence-electron chi connectivity index (χ0n) is 19.8. The van der Waals surface area contributed by atoms with Crippen molar-refractivity contribution < 1.29 is 23.8 Å². The molecular weight excluding hydrogens is 450 g/mol. The summed E-state index contributed by atoms with van der Waals surface area (Å²) < 4.78 is 19.4. The molecule has 34 heavy (non-hydrogen) atoms. The highest BCUT2D eigenvalue weighted by molar-refractivity contribution is 7.14. The second-order valence-corrected chi connectivity index (χ2v) is 10.4. The molecule has 2 aromatic heterocycles. The van der Waals surface area contributed by atoms with Crippen LogP contribution in [-0.4, -0.2) is 35.6 Å². The first-order valence-corrected chi connectivity index (χ1v) is 12.6. The van der Waals surface area contributed by atoms with Crippen molar-refractivity contribution in [2.75, 3.05) is 13.2 Å². The van der Waals surface area contributed by atoms with E-state index in [1.54, 1.807) is 0 Å². The molecule has 0 saturated carbocycles. The Morgan fingerprint density at radius 2 is 1.97 bits per heavy atom. The van der Waals surface area contributed by atoms with Crippen LogP contribution in [0.3, 0.4) is 0 Å². The highest BCUT2D eigenvalue weighted by atomic mass is 32.1. The van der Waals surface area contributed by atoms with Crippen LogP contribution < -0.4 is 9.47 Å². The molecule has 7 heteroatoms. The molecule has 0 spiro atoms. The molecule has 0 amide bonds. The van der Waals surface area contributed by atoms with Crippen LogP contribution in [0.1, 0.15) is 55.2 Å². The molecule has 0 unspecified atom stereocenters. The molecule has 5 rings (SSSR count). The van der Waals surface area contributed by atoms with E-state index in [-0.39, 0.29) is 18.5 Å². The van der Waals surface area contributed by atoms with Gasteiger partial charge < -0.3 is 18.8 Å². The summed E-state index contributed by atoms with van der Waals surface area (Å²) in [6.45, 7) is 6.86. The summed E-state index contributed by atoms with van der Waals surface area (Å²) in [6, 6.07) is 11.4. The van der Waals surface area contributed by atoms with Gasteiger partial charge in [0.1, 0.15) is 11.5 Å². The predicted octanol–water partition coefficient (Wildman–Crippen LogP) is 5.17. The van der Waals surface area contributed by atoms with Crippen LogP contribution in [0.4, 0.5) is 0 Å².